The molecule has 0 aliphatic carbocycles. The summed E-state index contributed by atoms with van der Waals surface area (Å²) in [5.41, 5.74) is 1.97. The van der Waals surface area contributed by atoms with Gasteiger partial charge in [-0.2, -0.15) is 0 Å². The zero-order chi connectivity index (χ0) is 17.3. The zero-order valence-electron chi connectivity index (χ0n) is 13.8. The van der Waals surface area contributed by atoms with E-state index in [4.69, 9.17) is 4.74 Å². The van der Waals surface area contributed by atoms with E-state index >= 15 is 0 Å². The number of hydrogen-bond acceptors (Lipinski definition) is 3. The molecule has 0 atom stereocenters. The van der Waals surface area contributed by atoms with Crippen LogP contribution in [0.25, 0.3) is 5.69 Å². The third kappa shape index (κ3) is 3.01. The number of nitrogens with zero attached hydrogens (tertiary/aromatic N) is 1. The van der Waals surface area contributed by atoms with Crippen molar-refractivity contribution in [3.63, 3.8) is 0 Å². The van der Waals surface area contributed by atoms with Crippen LogP contribution in [0.3, 0.4) is 0 Å². The number of aryl methyl sites for hydroxylation is 3. The summed E-state index contributed by atoms with van der Waals surface area (Å²) in [7, 11) is 0. The first-order valence-corrected chi connectivity index (χ1v) is 7.63. The maximum atomic E-state index is 12.3. The average Bonchev–Trinajstić information content (AvgIpc) is 2.51. The Balaban J connectivity index is 2.15. The Bertz CT molecular complexity index is 970. The van der Waals surface area contributed by atoms with Crippen molar-refractivity contribution in [2.24, 2.45) is 0 Å². The minimum atomic E-state index is -0.461. The summed E-state index contributed by atoms with van der Waals surface area (Å²) in [6.07, 6.45) is 0. The summed E-state index contributed by atoms with van der Waals surface area (Å²) >= 11 is 0. The van der Waals surface area contributed by atoms with Crippen molar-refractivity contribution >= 4 is 0 Å². The average molecular weight is 322 g/mol. The number of nitrogens with one attached hydrogen (secondary N) is 1. The molecule has 3 aromatic rings. The Morgan fingerprint density at radius 1 is 0.917 bits per heavy atom. The van der Waals surface area contributed by atoms with E-state index in [0.717, 1.165) is 15.7 Å². The van der Waals surface area contributed by atoms with Gasteiger partial charge >= 0.3 is 5.69 Å². The molecule has 0 saturated heterocycles. The molecule has 0 aliphatic rings. The number of para-hydroxylation sites is 1. The van der Waals surface area contributed by atoms with Gasteiger partial charge in [-0.15, -0.1) is 0 Å². The van der Waals surface area contributed by atoms with E-state index in [1.54, 1.807) is 13.0 Å². The molecule has 0 amide bonds. The smallest absolute Gasteiger partial charge is 0.333 e. The fourth-order valence-electron chi connectivity index (χ4n) is 2.63. The van der Waals surface area contributed by atoms with Gasteiger partial charge in [0.1, 0.15) is 11.5 Å². The summed E-state index contributed by atoms with van der Waals surface area (Å²) in [4.78, 5) is 27.2. The number of benzene rings is 2. The number of aromatic amines is 1. The minimum Gasteiger partial charge on any atom is -0.457 e. The summed E-state index contributed by atoms with van der Waals surface area (Å²) in [5, 5.41) is 0. The molecule has 0 spiro atoms. The molecule has 0 bridgehead atoms. The molecule has 0 unspecified atom stereocenters. The first-order valence-electron chi connectivity index (χ1n) is 7.63. The van der Waals surface area contributed by atoms with Crippen molar-refractivity contribution in [1.82, 2.24) is 9.55 Å². The number of ether oxygens (including phenoxy) is 1. The lowest BCUT2D eigenvalue weighted by atomic mass is 10.1. The minimum absolute atomic E-state index is 0.367. The lowest BCUT2D eigenvalue weighted by molar-refractivity contribution is 0.478. The van der Waals surface area contributed by atoms with Gasteiger partial charge in [0.15, 0.2) is 0 Å². The summed E-state index contributed by atoms with van der Waals surface area (Å²) in [6.45, 7) is 5.47. The second-order valence-electron chi connectivity index (χ2n) is 5.75. The topological polar surface area (TPSA) is 64.1 Å². The van der Waals surface area contributed by atoms with Crippen molar-refractivity contribution < 1.29 is 4.74 Å². The number of hydrogen-bond donors (Lipinski definition) is 1. The van der Waals surface area contributed by atoms with E-state index in [0.29, 0.717) is 22.9 Å². The molecule has 1 N–H and O–H groups in total. The van der Waals surface area contributed by atoms with Crippen molar-refractivity contribution in [2.75, 3.05) is 0 Å². The van der Waals surface area contributed by atoms with Gasteiger partial charge in [-0.3, -0.25) is 4.79 Å². The molecule has 2 aromatic carbocycles. The van der Waals surface area contributed by atoms with Gasteiger partial charge in [0, 0.05) is 17.8 Å². The van der Waals surface area contributed by atoms with Gasteiger partial charge in [-0.25, -0.2) is 9.36 Å². The van der Waals surface area contributed by atoms with E-state index in [1.165, 1.54) is 6.07 Å². The van der Waals surface area contributed by atoms with Gasteiger partial charge < -0.3 is 9.72 Å². The molecule has 1 heterocycles. The number of H-pyrrole nitrogens is 1. The molecule has 0 radical (unpaired) electrons. The van der Waals surface area contributed by atoms with Crippen LogP contribution in [0.5, 0.6) is 11.5 Å². The highest BCUT2D eigenvalue weighted by atomic mass is 16.5. The van der Waals surface area contributed by atoms with Crippen LogP contribution in [-0.4, -0.2) is 9.55 Å². The molecule has 3 rings (SSSR count). The zero-order valence-corrected chi connectivity index (χ0v) is 13.8. The fourth-order valence-corrected chi connectivity index (χ4v) is 2.63. The van der Waals surface area contributed by atoms with Crippen LogP contribution in [-0.2, 0) is 0 Å². The van der Waals surface area contributed by atoms with Gasteiger partial charge in [0.25, 0.3) is 5.56 Å². The Labute approximate surface area is 139 Å². The Kier molecular flexibility index (Phi) is 4.08. The first kappa shape index (κ1) is 15.8. The maximum absolute atomic E-state index is 12.3. The second-order valence-corrected chi connectivity index (χ2v) is 5.75. The van der Waals surface area contributed by atoms with Gasteiger partial charge in [-0.1, -0.05) is 24.3 Å². The number of aromatic nitrogens is 2. The fraction of sp³-hybridized carbons (Fsp3) is 0.158. The Morgan fingerprint density at radius 2 is 1.62 bits per heavy atom. The summed E-state index contributed by atoms with van der Waals surface area (Å²) in [5.74, 6) is 1.30. The van der Waals surface area contributed by atoms with Crippen LogP contribution in [0, 0.1) is 20.8 Å². The van der Waals surface area contributed by atoms with E-state index in [1.807, 2.05) is 50.2 Å². The number of rotatable bonds is 3. The first-order chi connectivity index (χ1) is 11.5. The molecule has 5 heteroatoms. The monoisotopic (exact) mass is 322 g/mol. The van der Waals surface area contributed by atoms with E-state index in [2.05, 4.69) is 4.98 Å². The van der Waals surface area contributed by atoms with Crippen molar-refractivity contribution in [2.45, 2.75) is 20.8 Å². The van der Waals surface area contributed by atoms with Crippen molar-refractivity contribution in [3.05, 3.63) is 86.2 Å². The molecular weight excluding hydrogens is 304 g/mol. The van der Waals surface area contributed by atoms with Gasteiger partial charge in [0.2, 0.25) is 0 Å². The third-order valence-corrected chi connectivity index (χ3v) is 3.77. The van der Waals surface area contributed by atoms with Crippen molar-refractivity contribution in [3.8, 4) is 17.2 Å². The predicted octanol–water partition coefficient (Wildman–Crippen LogP) is 3.24. The van der Waals surface area contributed by atoms with Gasteiger partial charge in [0.05, 0.1) is 5.69 Å². The Morgan fingerprint density at radius 3 is 2.29 bits per heavy atom. The molecule has 1 aromatic heterocycles. The van der Waals surface area contributed by atoms with Crippen LogP contribution < -0.4 is 16.0 Å². The molecule has 24 heavy (non-hydrogen) atoms. The second kappa shape index (κ2) is 6.20. The molecule has 0 aliphatic heterocycles. The molecule has 0 saturated carbocycles. The van der Waals surface area contributed by atoms with Crippen LogP contribution in [0.4, 0.5) is 0 Å². The van der Waals surface area contributed by atoms with Crippen LogP contribution in [0.1, 0.15) is 16.8 Å². The van der Waals surface area contributed by atoms with E-state index in [9.17, 15) is 9.59 Å². The van der Waals surface area contributed by atoms with E-state index in [-0.39, 0.29) is 5.56 Å². The summed E-state index contributed by atoms with van der Waals surface area (Å²) < 4.78 is 7.03. The normalized spacial score (nSPS) is 10.6. The van der Waals surface area contributed by atoms with Crippen molar-refractivity contribution in [1.29, 1.82) is 0 Å². The lowest BCUT2D eigenvalue weighted by Crippen LogP contribution is -2.34. The summed E-state index contributed by atoms with van der Waals surface area (Å²) in [6, 6.07) is 14.4. The highest BCUT2D eigenvalue weighted by Gasteiger charge is 2.12. The molecule has 5 nitrogen and oxygen atoms in total. The van der Waals surface area contributed by atoms with Crippen LogP contribution >= 0.6 is 0 Å². The SMILES string of the molecule is Cc1cc(=O)n(-c2cc(Oc3ccccc3)c(C)cc2C)c(=O)[nH]1. The van der Waals surface area contributed by atoms with Gasteiger partial charge in [-0.05, 0) is 44.0 Å². The largest absolute Gasteiger partial charge is 0.457 e. The predicted molar refractivity (Wildman–Crippen MR) is 93.4 cm³/mol. The lowest BCUT2D eigenvalue weighted by Gasteiger charge is -2.14. The molecular formula is C19H18N2O3. The maximum Gasteiger partial charge on any atom is 0.333 e. The molecule has 0 fully saturated rings. The third-order valence-electron chi connectivity index (χ3n) is 3.77. The standard InChI is InChI=1S/C19H18N2O3/c1-12-9-13(2)17(24-15-7-5-4-6-8-15)11-16(12)21-18(22)10-14(3)20-19(21)23/h4-11H,1-3H3,(H,20,23). The molecule has 122 valence electrons. The van der Waals surface area contributed by atoms with Crippen LogP contribution in [0.15, 0.2) is 58.1 Å². The van der Waals surface area contributed by atoms with Crippen LogP contribution in [0.2, 0.25) is 0 Å². The highest BCUT2D eigenvalue weighted by Crippen LogP contribution is 2.28. The Hall–Kier alpha value is -3.08. The highest BCUT2D eigenvalue weighted by molar-refractivity contribution is 5.51. The van der Waals surface area contributed by atoms with E-state index < -0.39 is 5.69 Å². The quantitative estimate of drug-likeness (QED) is 0.805.